The SMILES string of the molecule is Cc1ccc(CN(C)C(=O)c2ccc(Br)cc2N)o1. The van der Waals surface area contributed by atoms with Crippen LogP contribution in [0.15, 0.2) is 39.2 Å². The maximum absolute atomic E-state index is 12.3. The van der Waals surface area contributed by atoms with Gasteiger partial charge in [-0.3, -0.25) is 4.79 Å². The van der Waals surface area contributed by atoms with E-state index in [-0.39, 0.29) is 5.91 Å². The highest BCUT2D eigenvalue weighted by atomic mass is 79.9. The zero-order valence-corrected chi connectivity index (χ0v) is 12.4. The van der Waals surface area contributed by atoms with Gasteiger partial charge in [0.2, 0.25) is 0 Å². The van der Waals surface area contributed by atoms with Gasteiger partial charge >= 0.3 is 0 Å². The van der Waals surface area contributed by atoms with Gasteiger partial charge in [0.05, 0.1) is 12.1 Å². The molecule has 19 heavy (non-hydrogen) atoms. The molecule has 1 amide bonds. The molecule has 0 saturated carbocycles. The van der Waals surface area contributed by atoms with E-state index in [2.05, 4.69) is 15.9 Å². The lowest BCUT2D eigenvalue weighted by molar-refractivity contribution is 0.0776. The van der Waals surface area contributed by atoms with Crippen LogP contribution >= 0.6 is 15.9 Å². The number of amides is 1. The fraction of sp³-hybridized carbons (Fsp3) is 0.214. The predicted molar refractivity (Wildman–Crippen MR) is 77.8 cm³/mol. The number of aryl methyl sites for hydroxylation is 1. The zero-order chi connectivity index (χ0) is 14.0. The topological polar surface area (TPSA) is 59.5 Å². The highest BCUT2D eigenvalue weighted by Crippen LogP contribution is 2.20. The third-order valence-corrected chi connectivity index (χ3v) is 3.27. The Morgan fingerprint density at radius 1 is 1.37 bits per heavy atom. The van der Waals surface area contributed by atoms with Gasteiger partial charge < -0.3 is 15.1 Å². The van der Waals surface area contributed by atoms with Crippen LogP contribution in [0.4, 0.5) is 5.69 Å². The second-order valence-electron chi connectivity index (χ2n) is 4.41. The molecule has 0 saturated heterocycles. The molecule has 0 aliphatic rings. The Balaban J connectivity index is 2.14. The minimum atomic E-state index is -0.126. The van der Waals surface area contributed by atoms with Crippen molar-refractivity contribution in [3.05, 3.63) is 51.9 Å². The van der Waals surface area contributed by atoms with Crippen LogP contribution in [0.2, 0.25) is 0 Å². The molecule has 0 bridgehead atoms. The minimum absolute atomic E-state index is 0.126. The van der Waals surface area contributed by atoms with Crippen molar-refractivity contribution in [2.45, 2.75) is 13.5 Å². The van der Waals surface area contributed by atoms with Gasteiger partial charge in [0, 0.05) is 17.2 Å². The number of anilines is 1. The van der Waals surface area contributed by atoms with E-state index >= 15 is 0 Å². The summed E-state index contributed by atoms with van der Waals surface area (Å²) in [7, 11) is 1.72. The smallest absolute Gasteiger partial charge is 0.256 e. The van der Waals surface area contributed by atoms with Crippen molar-refractivity contribution < 1.29 is 9.21 Å². The number of nitrogens with two attached hydrogens (primary N) is 1. The molecule has 0 unspecified atom stereocenters. The monoisotopic (exact) mass is 322 g/mol. The number of carbonyl (C=O) groups is 1. The molecule has 0 aliphatic heterocycles. The summed E-state index contributed by atoms with van der Waals surface area (Å²) in [5.74, 6) is 1.46. The first-order valence-electron chi connectivity index (χ1n) is 5.83. The number of furan rings is 1. The summed E-state index contributed by atoms with van der Waals surface area (Å²) >= 11 is 3.32. The Labute approximate surface area is 120 Å². The third kappa shape index (κ3) is 3.17. The number of carbonyl (C=O) groups excluding carboxylic acids is 1. The van der Waals surface area contributed by atoms with E-state index in [1.165, 1.54) is 0 Å². The van der Waals surface area contributed by atoms with Gasteiger partial charge in [-0.1, -0.05) is 15.9 Å². The van der Waals surface area contributed by atoms with E-state index < -0.39 is 0 Å². The van der Waals surface area contributed by atoms with Crippen molar-refractivity contribution in [1.29, 1.82) is 0 Å². The van der Waals surface area contributed by atoms with Crippen LogP contribution in [-0.4, -0.2) is 17.9 Å². The van der Waals surface area contributed by atoms with E-state index in [4.69, 9.17) is 10.2 Å². The zero-order valence-electron chi connectivity index (χ0n) is 10.8. The van der Waals surface area contributed by atoms with Gasteiger partial charge in [-0.15, -0.1) is 0 Å². The lowest BCUT2D eigenvalue weighted by atomic mass is 10.1. The van der Waals surface area contributed by atoms with Crippen LogP contribution in [0.25, 0.3) is 0 Å². The molecule has 1 aromatic heterocycles. The molecule has 2 rings (SSSR count). The van der Waals surface area contributed by atoms with Crippen LogP contribution < -0.4 is 5.73 Å². The Hall–Kier alpha value is -1.75. The van der Waals surface area contributed by atoms with Gasteiger partial charge in [-0.25, -0.2) is 0 Å². The summed E-state index contributed by atoms with van der Waals surface area (Å²) in [6.45, 7) is 2.29. The quantitative estimate of drug-likeness (QED) is 0.883. The molecule has 0 aliphatic carbocycles. The van der Waals surface area contributed by atoms with Gasteiger partial charge in [-0.2, -0.15) is 0 Å². The van der Waals surface area contributed by atoms with Crippen molar-refractivity contribution in [1.82, 2.24) is 4.90 Å². The van der Waals surface area contributed by atoms with Crippen molar-refractivity contribution in [2.75, 3.05) is 12.8 Å². The van der Waals surface area contributed by atoms with Crippen LogP contribution in [0.5, 0.6) is 0 Å². The average molecular weight is 323 g/mol. The number of hydrogen-bond donors (Lipinski definition) is 1. The van der Waals surface area contributed by atoms with Gasteiger partial charge in [-0.05, 0) is 37.3 Å². The Kier molecular flexibility index (Phi) is 3.95. The lowest BCUT2D eigenvalue weighted by Gasteiger charge is -2.17. The first-order valence-corrected chi connectivity index (χ1v) is 6.62. The summed E-state index contributed by atoms with van der Waals surface area (Å²) in [5, 5.41) is 0. The standard InChI is InChI=1S/C14H15BrN2O2/c1-9-3-5-11(19-9)8-17(2)14(18)12-6-4-10(15)7-13(12)16/h3-7H,8,16H2,1-2H3. The molecule has 0 fully saturated rings. The van der Waals surface area contributed by atoms with Gasteiger partial charge in [0.25, 0.3) is 5.91 Å². The second kappa shape index (κ2) is 5.48. The minimum Gasteiger partial charge on any atom is -0.464 e. The Bertz CT molecular complexity index is 607. The van der Waals surface area contributed by atoms with Crippen LogP contribution in [-0.2, 0) is 6.54 Å². The van der Waals surface area contributed by atoms with Crippen molar-refractivity contribution in [3.63, 3.8) is 0 Å². The van der Waals surface area contributed by atoms with E-state index in [1.807, 2.05) is 19.1 Å². The molecule has 5 heteroatoms. The number of rotatable bonds is 3. The molecule has 0 atom stereocenters. The van der Waals surface area contributed by atoms with Crippen LogP contribution in [0, 0.1) is 6.92 Å². The summed E-state index contributed by atoms with van der Waals surface area (Å²) < 4.78 is 6.31. The first kappa shape index (κ1) is 13.7. The largest absolute Gasteiger partial charge is 0.464 e. The Morgan fingerprint density at radius 2 is 2.11 bits per heavy atom. The van der Waals surface area contributed by atoms with E-state index in [9.17, 15) is 4.79 Å². The summed E-state index contributed by atoms with van der Waals surface area (Å²) in [6, 6.07) is 8.98. The molecule has 1 aromatic carbocycles. The highest BCUT2D eigenvalue weighted by molar-refractivity contribution is 9.10. The fourth-order valence-electron chi connectivity index (χ4n) is 1.81. The lowest BCUT2D eigenvalue weighted by Crippen LogP contribution is -2.26. The molecule has 1 heterocycles. The van der Waals surface area contributed by atoms with E-state index in [0.29, 0.717) is 17.8 Å². The number of nitrogen functional groups attached to an aromatic ring is 1. The maximum atomic E-state index is 12.3. The number of benzene rings is 1. The van der Waals surface area contributed by atoms with Crippen LogP contribution in [0.1, 0.15) is 21.9 Å². The van der Waals surface area contributed by atoms with Crippen molar-refractivity contribution in [2.24, 2.45) is 0 Å². The number of nitrogens with zero attached hydrogens (tertiary/aromatic N) is 1. The van der Waals surface area contributed by atoms with Crippen molar-refractivity contribution >= 4 is 27.5 Å². The molecule has 4 nitrogen and oxygen atoms in total. The fourth-order valence-corrected chi connectivity index (χ4v) is 2.19. The maximum Gasteiger partial charge on any atom is 0.256 e. The molecule has 2 aromatic rings. The summed E-state index contributed by atoms with van der Waals surface area (Å²) in [5.41, 5.74) is 6.81. The number of hydrogen-bond acceptors (Lipinski definition) is 3. The highest BCUT2D eigenvalue weighted by Gasteiger charge is 2.16. The summed E-state index contributed by atoms with van der Waals surface area (Å²) in [6.07, 6.45) is 0. The van der Waals surface area contributed by atoms with Crippen LogP contribution in [0.3, 0.4) is 0 Å². The molecule has 0 radical (unpaired) electrons. The first-order chi connectivity index (χ1) is 8.97. The van der Waals surface area contributed by atoms with Gasteiger partial charge in [0.15, 0.2) is 0 Å². The third-order valence-electron chi connectivity index (χ3n) is 2.78. The molecular weight excluding hydrogens is 308 g/mol. The molecule has 100 valence electrons. The van der Waals surface area contributed by atoms with E-state index in [0.717, 1.165) is 16.0 Å². The van der Waals surface area contributed by atoms with E-state index in [1.54, 1.807) is 30.1 Å². The Morgan fingerprint density at radius 3 is 2.68 bits per heavy atom. The van der Waals surface area contributed by atoms with Crippen molar-refractivity contribution in [3.8, 4) is 0 Å². The average Bonchev–Trinajstić information content (AvgIpc) is 2.74. The second-order valence-corrected chi connectivity index (χ2v) is 5.32. The molecular formula is C14H15BrN2O2. The number of halogens is 1. The summed E-state index contributed by atoms with van der Waals surface area (Å²) in [4.78, 5) is 13.9. The predicted octanol–water partition coefficient (Wildman–Crippen LogP) is 3.20. The normalized spacial score (nSPS) is 10.5. The molecule has 0 spiro atoms. The van der Waals surface area contributed by atoms with Gasteiger partial charge in [0.1, 0.15) is 11.5 Å². The molecule has 2 N–H and O–H groups in total.